The third kappa shape index (κ3) is 3.55. The molecule has 1 heterocycles. The Hall–Kier alpha value is -2.35. The highest BCUT2D eigenvalue weighted by atomic mass is 35.5. The van der Waals surface area contributed by atoms with Crippen LogP contribution in [0.5, 0.6) is 5.75 Å². The summed E-state index contributed by atoms with van der Waals surface area (Å²) in [5.41, 5.74) is 5.29. The molecule has 0 aliphatic carbocycles. The molecule has 100 valence electrons. The number of H-pyrrole nitrogens is 1. The van der Waals surface area contributed by atoms with Gasteiger partial charge >= 0.3 is 0 Å². The van der Waals surface area contributed by atoms with Crippen LogP contribution in [0.15, 0.2) is 18.2 Å². The molecule has 0 saturated carbocycles. The fourth-order valence-corrected chi connectivity index (χ4v) is 1.46. The minimum atomic E-state index is -0.489. The number of nitrogens with one attached hydrogen (secondary N) is 2. The Morgan fingerprint density at radius 3 is 2.95 bits per heavy atom. The second-order valence-electron chi connectivity index (χ2n) is 3.47. The lowest BCUT2D eigenvalue weighted by Crippen LogP contribution is -2.21. The number of hydrogen-bond acceptors (Lipinski definition) is 5. The number of carbonyl (C=O) groups excluding carboxylic acids is 1. The first-order valence-electron chi connectivity index (χ1n) is 5.10. The standard InChI is InChI=1S/C10H9ClFN5O2/c11-6-3-5(12)1-2-7(6)19-4-8(18)14-10-15-9(13)16-17-10/h1-3H,4H2,(H4,13,14,15,16,17,18). The zero-order chi connectivity index (χ0) is 13.8. The van der Waals surface area contributed by atoms with E-state index in [1.165, 1.54) is 12.1 Å². The average molecular weight is 286 g/mol. The zero-order valence-corrected chi connectivity index (χ0v) is 10.2. The number of amides is 1. The van der Waals surface area contributed by atoms with Crippen molar-refractivity contribution < 1.29 is 13.9 Å². The summed E-state index contributed by atoms with van der Waals surface area (Å²) in [7, 11) is 0. The van der Waals surface area contributed by atoms with Crippen LogP contribution in [0, 0.1) is 5.82 Å². The third-order valence-corrected chi connectivity index (χ3v) is 2.31. The Labute approximate surface area is 111 Å². The van der Waals surface area contributed by atoms with Crippen LogP contribution in [0.25, 0.3) is 0 Å². The summed E-state index contributed by atoms with van der Waals surface area (Å²) < 4.78 is 17.9. The summed E-state index contributed by atoms with van der Waals surface area (Å²) in [6.07, 6.45) is 0. The number of carbonyl (C=O) groups is 1. The van der Waals surface area contributed by atoms with Gasteiger partial charge in [0.1, 0.15) is 11.6 Å². The molecule has 1 amide bonds. The number of nitrogen functional groups attached to an aromatic ring is 1. The summed E-state index contributed by atoms with van der Waals surface area (Å²) in [4.78, 5) is 14.0. The molecule has 1 aromatic heterocycles. The first kappa shape index (κ1) is 13.1. The van der Waals surface area contributed by atoms with Crippen LogP contribution in [0.2, 0.25) is 5.02 Å². The number of rotatable bonds is 4. The second-order valence-corrected chi connectivity index (χ2v) is 3.88. The van der Waals surface area contributed by atoms with E-state index in [1.54, 1.807) is 0 Å². The summed E-state index contributed by atoms with van der Waals surface area (Å²) in [5.74, 6) is -0.583. The lowest BCUT2D eigenvalue weighted by atomic mass is 10.3. The van der Waals surface area contributed by atoms with Gasteiger partial charge in [-0.05, 0) is 18.2 Å². The molecule has 0 aliphatic rings. The molecule has 7 nitrogen and oxygen atoms in total. The molecule has 2 aromatic rings. The average Bonchev–Trinajstić information content (AvgIpc) is 2.73. The predicted molar refractivity (Wildman–Crippen MR) is 66.3 cm³/mol. The Morgan fingerprint density at radius 2 is 2.32 bits per heavy atom. The van der Waals surface area contributed by atoms with Crippen molar-refractivity contribution >= 4 is 29.4 Å². The van der Waals surface area contributed by atoms with Gasteiger partial charge in [-0.15, -0.1) is 10.2 Å². The number of ether oxygens (including phenoxy) is 1. The van der Waals surface area contributed by atoms with Crippen molar-refractivity contribution in [2.45, 2.75) is 0 Å². The fraction of sp³-hybridized carbons (Fsp3) is 0.100. The van der Waals surface area contributed by atoms with Crippen LogP contribution in [-0.4, -0.2) is 27.7 Å². The van der Waals surface area contributed by atoms with Crippen LogP contribution < -0.4 is 15.8 Å². The molecule has 2 rings (SSSR count). The van der Waals surface area contributed by atoms with E-state index in [9.17, 15) is 9.18 Å². The Kier molecular flexibility index (Phi) is 3.81. The molecule has 0 atom stereocenters. The van der Waals surface area contributed by atoms with Gasteiger partial charge in [-0.25, -0.2) is 4.39 Å². The molecule has 0 fully saturated rings. The minimum absolute atomic E-state index is 0.0803. The van der Waals surface area contributed by atoms with Crippen molar-refractivity contribution in [3.63, 3.8) is 0 Å². The highest BCUT2D eigenvalue weighted by molar-refractivity contribution is 6.32. The van der Waals surface area contributed by atoms with Gasteiger partial charge < -0.3 is 10.5 Å². The number of anilines is 2. The Balaban J connectivity index is 1.89. The maximum Gasteiger partial charge on any atom is 0.264 e. The van der Waals surface area contributed by atoms with Gasteiger partial charge in [-0.1, -0.05) is 11.6 Å². The van der Waals surface area contributed by atoms with E-state index in [-0.39, 0.29) is 29.3 Å². The zero-order valence-electron chi connectivity index (χ0n) is 9.48. The van der Waals surface area contributed by atoms with Gasteiger partial charge in [0, 0.05) is 0 Å². The summed E-state index contributed by atoms with van der Waals surface area (Å²) >= 11 is 5.73. The number of halogens is 2. The van der Waals surface area contributed by atoms with Crippen LogP contribution in [0.3, 0.4) is 0 Å². The van der Waals surface area contributed by atoms with Crippen molar-refractivity contribution in [3.8, 4) is 5.75 Å². The minimum Gasteiger partial charge on any atom is -0.482 e. The number of nitrogens with zero attached hydrogens (tertiary/aromatic N) is 2. The molecule has 9 heteroatoms. The smallest absolute Gasteiger partial charge is 0.264 e. The number of hydrogen-bond donors (Lipinski definition) is 3. The van der Waals surface area contributed by atoms with Gasteiger partial charge in [0.15, 0.2) is 6.61 Å². The van der Waals surface area contributed by atoms with E-state index < -0.39 is 11.7 Å². The van der Waals surface area contributed by atoms with Crippen LogP contribution in [-0.2, 0) is 4.79 Å². The Bertz CT molecular complexity index is 603. The van der Waals surface area contributed by atoms with Gasteiger partial charge in [0.2, 0.25) is 11.9 Å². The van der Waals surface area contributed by atoms with E-state index in [0.717, 1.165) is 6.07 Å². The first-order chi connectivity index (χ1) is 9.04. The summed E-state index contributed by atoms with van der Waals surface area (Å²) in [6, 6.07) is 3.60. The maximum absolute atomic E-state index is 12.8. The van der Waals surface area contributed by atoms with Gasteiger partial charge in [0.05, 0.1) is 5.02 Å². The maximum atomic E-state index is 12.8. The predicted octanol–water partition coefficient (Wildman–Crippen LogP) is 1.20. The SMILES string of the molecule is Nc1nnc(NC(=O)COc2ccc(F)cc2Cl)[nH]1. The van der Waals surface area contributed by atoms with Crippen molar-refractivity contribution in [3.05, 3.63) is 29.0 Å². The lowest BCUT2D eigenvalue weighted by molar-refractivity contribution is -0.118. The van der Waals surface area contributed by atoms with Crippen molar-refractivity contribution in [2.24, 2.45) is 0 Å². The number of aromatic nitrogens is 3. The number of nitrogens with two attached hydrogens (primary N) is 1. The van der Waals surface area contributed by atoms with Crippen molar-refractivity contribution in [1.82, 2.24) is 15.2 Å². The van der Waals surface area contributed by atoms with Crippen LogP contribution >= 0.6 is 11.6 Å². The molecule has 0 saturated heterocycles. The van der Waals surface area contributed by atoms with Gasteiger partial charge in [-0.2, -0.15) is 0 Å². The molecular formula is C10H9ClFN5O2. The van der Waals surface area contributed by atoms with Crippen LogP contribution in [0.4, 0.5) is 16.3 Å². The van der Waals surface area contributed by atoms with Gasteiger partial charge in [-0.3, -0.25) is 15.1 Å². The number of aromatic amines is 1. The molecule has 0 bridgehead atoms. The van der Waals surface area contributed by atoms with Crippen molar-refractivity contribution in [1.29, 1.82) is 0 Å². The molecule has 0 aliphatic heterocycles. The Morgan fingerprint density at radius 1 is 1.53 bits per heavy atom. The molecule has 1 aromatic carbocycles. The van der Waals surface area contributed by atoms with E-state index >= 15 is 0 Å². The molecule has 0 unspecified atom stereocenters. The van der Waals surface area contributed by atoms with Crippen molar-refractivity contribution in [2.75, 3.05) is 17.7 Å². The van der Waals surface area contributed by atoms with E-state index in [1.807, 2.05) is 0 Å². The first-order valence-corrected chi connectivity index (χ1v) is 5.48. The summed E-state index contributed by atoms with van der Waals surface area (Å²) in [6.45, 7) is -0.314. The second kappa shape index (κ2) is 5.53. The highest BCUT2D eigenvalue weighted by Crippen LogP contribution is 2.24. The van der Waals surface area contributed by atoms with Crippen LogP contribution in [0.1, 0.15) is 0 Å². The largest absolute Gasteiger partial charge is 0.482 e. The monoisotopic (exact) mass is 285 g/mol. The molecule has 0 radical (unpaired) electrons. The lowest BCUT2D eigenvalue weighted by Gasteiger charge is -2.07. The van der Waals surface area contributed by atoms with E-state index in [4.69, 9.17) is 22.1 Å². The molecule has 19 heavy (non-hydrogen) atoms. The van der Waals surface area contributed by atoms with E-state index in [0.29, 0.717) is 0 Å². The molecule has 4 N–H and O–H groups in total. The molecule has 0 spiro atoms. The third-order valence-electron chi connectivity index (χ3n) is 2.01. The highest BCUT2D eigenvalue weighted by Gasteiger charge is 2.09. The number of benzene rings is 1. The summed E-state index contributed by atoms with van der Waals surface area (Å²) in [5, 5.41) is 9.47. The topological polar surface area (TPSA) is 106 Å². The van der Waals surface area contributed by atoms with E-state index in [2.05, 4.69) is 20.5 Å². The normalized spacial score (nSPS) is 10.2. The van der Waals surface area contributed by atoms with Gasteiger partial charge in [0.25, 0.3) is 5.91 Å². The molecular weight excluding hydrogens is 277 g/mol. The fourth-order valence-electron chi connectivity index (χ4n) is 1.24. The quantitative estimate of drug-likeness (QED) is 0.782.